The number of halogens is 2. The van der Waals surface area contributed by atoms with E-state index in [2.05, 4.69) is 10.1 Å². The van der Waals surface area contributed by atoms with Crippen molar-refractivity contribution < 1.29 is 18.7 Å². The van der Waals surface area contributed by atoms with Gasteiger partial charge in [0.25, 0.3) is 11.8 Å². The number of likely N-dealkylation sites (tertiary alicyclic amines) is 1. The molecule has 1 aliphatic heterocycles. The maximum Gasteiger partial charge on any atom is 0.282 e. The smallest absolute Gasteiger partial charge is 0.282 e. The molecular formula is C26H24F2N4O2. The number of aliphatic hydroxyl groups is 1. The molecule has 1 amide bonds. The van der Waals surface area contributed by atoms with Crippen molar-refractivity contribution in [2.45, 2.75) is 31.9 Å². The average Bonchev–Trinajstić information content (AvgIpc) is 3.23. The Morgan fingerprint density at radius 1 is 1.03 bits per heavy atom. The number of benzene rings is 2. The van der Waals surface area contributed by atoms with E-state index in [1.807, 2.05) is 30.5 Å². The molecule has 1 fully saturated rings. The number of amides is 1. The summed E-state index contributed by atoms with van der Waals surface area (Å²) in [4.78, 5) is 18.1. The van der Waals surface area contributed by atoms with E-state index >= 15 is 0 Å². The fraction of sp³-hybridized carbons (Fsp3) is 0.269. The topological polar surface area (TPSA) is 71.2 Å². The van der Waals surface area contributed by atoms with Crippen molar-refractivity contribution in [1.29, 1.82) is 0 Å². The fourth-order valence-corrected chi connectivity index (χ4v) is 4.20. The Bertz CT molecular complexity index is 1370. The van der Waals surface area contributed by atoms with Gasteiger partial charge in [0.05, 0.1) is 31.4 Å². The van der Waals surface area contributed by atoms with E-state index in [1.165, 1.54) is 0 Å². The van der Waals surface area contributed by atoms with Gasteiger partial charge in [-0.1, -0.05) is 30.3 Å². The highest BCUT2D eigenvalue weighted by molar-refractivity contribution is 6.03. The second-order valence-corrected chi connectivity index (χ2v) is 9.46. The Morgan fingerprint density at radius 2 is 1.74 bits per heavy atom. The quantitative estimate of drug-likeness (QED) is 0.470. The largest absolute Gasteiger partial charge is 0.389 e. The van der Waals surface area contributed by atoms with Crippen molar-refractivity contribution in [2.75, 3.05) is 13.1 Å². The Labute approximate surface area is 195 Å². The van der Waals surface area contributed by atoms with Crippen molar-refractivity contribution in [3.63, 3.8) is 0 Å². The number of fused-ring (bicyclic) bond motifs is 1. The van der Waals surface area contributed by atoms with Gasteiger partial charge in [0.15, 0.2) is 0 Å². The minimum atomic E-state index is -2.80. The zero-order valence-electron chi connectivity index (χ0n) is 18.9. The lowest BCUT2D eigenvalue weighted by Gasteiger charge is -2.38. The van der Waals surface area contributed by atoms with Crippen molar-refractivity contribution in [3.05, 3.63) is 72.8 Å². The zero-order chi connectivity index (χ0) is 24.1. The lowest BCUT2D eigenvalue weighted by Crippen LogP contribution is -2.58. The first-order valence-corrected chi connectivity index (χ1v) is 11.0. The van der Waals surface area contributed by atoms with Crippen molar-refractivity contribution >= 4 is 16.7 Å². The fourth-order valence-electron chi connectivity index (χ4n) is 4.20. The van der Waals surface area contributed by atoms with Crippen LogP contribution >= 0.6 is 0 Å². The van der Waals surface area contributed by atoms with Gasteiger partial charge in [0, 0.05) is 40.7 Å². The Kier molecular flexibility index (Phi) is 5.20. The molecule has 1 saturated heterocycles. The molecule has 0 aliphatic carbocycles. The normalized spacial score (nSPS) is 15.4. The van der Waals surface area contributed by atoms with E-state index in [1.54, 1.807) is 55.3 Å². The highest BCUT2D eigenvalue weighted by Crippen LogP contribution is 2.32. The lowest BCUT2D eigenvalue weighted by molar-refractivity contribution is -0.113. The molecule has 8 heteroatoms. The SMILES string of the molecule is CC(C)(O)Cn1cc(-c2ccc(-c3cncc4ccc(C(=O)N5CC(F)(F)C5)cc34)cc2)cn1. The van der Waals surface area contributed by atoms with Gasteiger partial charge in [-0.3, -0.25) is 14.5 Å². The van der Waals surface area contributed by atoms with Crippen LogP contribution in [0.1, 0.15) is 24.2 Å². The van der Waals surface area contributed by atoms with E-state index in [4.69, 9.17) is 0 Å². The molecule has 1 aliphatic rings. The zero-order valence-corrected chi connectivity index (χ0v) is 18.9. The van der Waals surface area contributed by atoms with Crippen LogP contribution in [0.15, 0.2) is 67.3 Å². The first-order valence-electron chi connectivity index (χ1n) is 11.0. The predicted octanol–water partition coefficient (Wildman–Crippen LogP) is 4.63. The summed E-state index contributed by atoms with van der Waals surface area (Å²) in [6.07, 6.45) is 7.11. The summed E-state index contributed by atoms with van der Waals surface area (Å²) in [7, 11) is 0. The summed E-state index contributed by atoms with van der Waals surface area (Å²) < 4.78 is 28.1. The summed E-state index contributed by atoms with van der Waals surface area (Å²) >= 11 is 0. The molecule has 2 aromatic carbocycles. The first kappa shape index (κ1) is 22.2. The molecule has 0 bridgehead atoms. The Balaban J connectivity index is 1.43. The van der Waals surface area contributed by atoms with E-state index in [0.29, 0.717) is 12.1 Å². The summed E-state index contributed by atoms with van der Waals surface area (Å²) in [5.41, 5.74) is 3.22. The lowest BCUT2D eigenvalue weighted by atomic mass is 9.97. The molecule has 1 N–H and O–H groups in total. The van der Waals surface area contributed by atoms with Crippen LogP contribution in [0.4, 0.5) is 8.78 Å². The van der Waals surface area contributed by atoms with Crippen LogP contribution in [-0.4, -0.2) is 55.3 Å². The maximum absolute atomic E-state index is 13.2. The van der Waals surface area contributed by atoms with Crippen LogP contribution < -0.4 is 0 Å². The molecule has 6 nitrogen and oxygen atoms in total. The minimum Gasteiger partial charge on any atom is -0.389 e. The third kappa shape index (κ3) is 4.41. The summed E-state index contributed by atoms with van der Waals surface area (Å²) in [6.45, 7) is 2.78. The van der Waals surface area contributed by atoms with Gasteiger partial charge in [-0.05, 0) is 42.5 Å². The summed E-state index contributed by atoms with van der Waals surface area (Å²) in [5.74, 6) is -3.19. The number of hydrogen-bond acceptors (Lipinski definition) is 4. The predicted molar refractivity (Wildman–Crippen MR) is 126 cm³/mol. The van der Waals surface area contributed by atoms with Crippen LogP contribution in [0.5, 0.6) is 0 Å². The number of alkyl halides is 2. The molecule has 0 saturated carbocycles. The van der Waals surface area contributed by atoms with Gasteiger partial charge in [0.1, 0.15) is 0 Å². The highest BCUT2D eigenvalue weighted by atomic mass is 19.3. The van der Waals surface area contributed by atoms with Crippen LogP contribution in [0.2, 0.25) is 0 Å². The molecule has 174 valence electrons. The van der Waals surface area contributed by atoms with Gasteiger partial charge in [-0.25, -0.2) is 8.78 Å². The molecule has 3 heterocycles. The minimum absolute atomic E-state index is 0.381. The number of aromatic nitrogens is 3. The monoisotopic (exact) mass is 462 g/mol. The number of hydrogen-bond donors (Lipinski definition) is 1. The molecule has 34 heavy (non-hydrogen) atoms. The maximum atomic E-state index is 13.2. The van der Waals surface area contributed by atoms with Gasteiger partial charge in [0.2, 0.25) is 0 Å². The molecule has 5 rings (SSSR count). The van der Waals surface area contributed by atoms with Crippen LogP contribution in [0, 0.1) is 0 Å². The molecule has 0 spiro atoms. The van der Waals surface area contributed by atoms with Gasteiger partial charge < -0.3 is 10.0 Å². The molecule has 0 radical (unpaired) electrons. The Hall–Kier alpha value is -3.65. The standard InChI is InChI=1S/C26H24F2N4O2/c1-25(2,34)14-32-13-21(11-30-32)17-3-5-18(6-4-17)23-12-29-10-20-8-7-19(9-22(20)23)24(33)31-15-26(27,28)16-31/h3-13,34H,14-16H2,1-2H3. The number of rotatable bonds is 5. The molecule has 4 aromatic rings. The molecule has 2 aromatic heterocycles. The molecule has 0 unspecified atom stereocenters. The third-order valence-electron chi connectivity index (χ3n) is 5.85. The second-order valence-electron chi connectivity index (χ2n) is 9.46. The van der Waals surface area contributed by atoms with Gasteiger partial charge in [-0.15, -0.1) is 0 Å². The summed E-state index contributed by atoms with van der Waals surface area (Å²) in [5, 5.41) is 16.0. The van der Waals surface area contributed by atoms with Crippen LogP contribution in [-0.2, 0) is 6.54 Å². The molecular weight excluding hydrogens is 438 g/mol. The van der Waals surface area contributed by atoms with Crippen molar-refractivity contribution in [2.24, 2.45) is 0 Å². The van der Waals surface area contributed by atoms with Crippen LogP contribution in [0.25, 0.3) is 33.0 Å². The first-order chi connectivity index (χ1) is 16.1. The number of pyridine rings is 1. The number of carbonyl (C=O) groups excluding carboxylic acids is 1. The van der Waals surface area contributed by atoms with Crippen molar-refractivity contribution in [3.8, 4) is 22.3 Å². The average molecular weight is 463 g/mol. The van der Waals surface area contributed by atoms with Crippen molar-refractivity contribution in [1.82, 2.24) is 19.7 Å². The van der Waals surface area contributed by atoms with Gasteiger partial charge in [-0.2, -0.15) is 5.10 Å². The second kappa shape index (κ2) is 7.99. The van der Waals surface area contributed by atoms with E-state index < -0.39 is 30.5 Å². The van der Waals surface area contributed by atoms with E-state index in [-0.39, 0.29) is 0 Å². The van der Waals surface area contributed by atoms with Gasteiger partial charge >= 0.3 is 0 Å². The summed E-state index contributed by atoms with van der Waals surface area (Å²) in [6, 6.07) is 13.1. The number of carbonyl (C=O) groups is 1. The van der Waals surface area contributed by atoms with Crippen LogP contribution in [0.3, 0.4) is 0 Å². The highest BCUT2D eigenvalue weighted by Gasteiger charge is 2.46. The van der Waals surface area contributed by atoms with E-state index in [9.17, 15) is 18.7 Å². The number of nitrogens with zero attached hydrogens (tertiary/aromatic N) is 4. The Morgan fingerprint density at radius 3 is 2.41 bits per heavy atom. The molecule has 0 atom stereocenters. The third-order valence-corrected chi connectivity index (χ3v) is 5.85. The van der Waals surface area contributed by atoms with E-state index in [0.717, 1.165) is 37.9 Å².